The number of nitriles is 1. The quantitative estimate of drug-likeness (QED) is 0.0571. The Morgan fingerprint density at radius 3 is 1.73 bits per heavy atom. The topological polar surface area (TPSA) is 248 Å². The number of thioether (sulfide) groups is 2. The number of halogens is 2. The van der Waals surface area contributed by atoms with Gasteiger partial charge in [-0.1, -0.05) is 70.8 Å². The van der Waals surface area contributed by atoms with E-state index in [-0.39, 0.29) is 40.0 Å². The summed E-state index contributed by atoms with van der Waals surface area (Å²) in [6.45, 7) is 9.29. The number of hydrogen-bond donors (Lipinski definition) is 1. The summed E-state index contributed by atoms with van der Waals surface area (Å²) in [4.78, 5) is 106. The molecule has 0 amide bonds. The van der Waals surface area contributed by atoms with Crippen LogP contribution in [-0.4, -0.2) is 81.2 Å². The number of thiophene rings is 2. The molecule has 0 spiro atoms. The lowest BCUT2D eigenvalue weighted by molar-refractivity contribution is -0.151. The van der Waals surface area contributed by atoms with Crippen LogP contribution in [0.3, 0.4) is 0 Å². The number of rotatable bonds is 15. The summed E-state index contributed by atoms with van der Waals surface area (Å²) in [6.07, 6.45) is 4.59. The third kappa shape index (κ3) is 13.7. The molecule has 0 fully saturated rings. The number of ether oxygens (including phenoxy) is 1. The molecule has 7 rings (SSSR count). The summed E-state index contributed by atoms with van der Waals surface area (Å²) in [5.74, 6) is -4.36. The van der Waals surface area contributed by atoms with Crippen molar-refractivity contribution in [3.63, 3.8) is 0 Å². The van der Waals surface area contributed by atoms with Crippen LogP contribution >= 0.6 is 69.4 Å². The fourth-order valence-electron chi connectivity index (χ4n) is 6.47. The first-order valence-corrected chi connectivity index (χ1v) is 26.0. The molecule has 378 valence electrons. The van der Waals surface area contributed by atoms with Gasteiger partial charge < -0.3 is 14.4 Å². The molecule has 0 saturated heterocycles. The van der Waals surface area contributed by atoms with Gasteiger partial charge in [0.1, 0.15) is 21.8 Å². The molecular formula is C49H44Cl2N8O10S4. The van der Waals surface area contributed by atoms with Crippen molar-refractivity contribution in [1.29, 1.82) is 5.26 Å². The Bertz CT molecular complexity index is 3440. The van der Waals surface area contributed by atoms with Crippen molar-refractivity contribution < 1.29 is 38.6 Å². The van der Waals surface area contributed by atoms with Crippen LogP contribution in [0.4, 0.5) is 0 Å². The standard InChI is InChI=1S/C26H23ClN4O5S2.C23H21ClN4O5S2/c1-26(2,3)25(36)31-22(37-14-17-6-7-21(27)38-17)10-19(29-31)18-9-16(15-5-4-8-28-11-15)12-30(23(18)33)13-20(32)24(34)35;1-23(2,3)22(32)28-19(34-12-14-6-8-18(24)35-14)9-16(26-28)15-7-5-13(10-25)27(20(15)30)11-17(29)21(31)33-4/h4-12H,13-14H2,1-3H3,(H,34,35);5-9H,11-12H2,1-4H3. The summed E-state index contributed by atoms with van der Waals surface area (Å²) in [7, 11) is 1.05. The number of ketones is 2. The van der Waals surface area contributed by atoms with E-state index < -0.39 is 58.5 Å². The second-order valence-corrected chi connectivity index (χ2v) is 23.3. The van der Waals surface area contributed by atoms with Gasteiger partial charge in [-0.3, -0.25) is 38.3 Å². The smallest absolute Gasteiger partial charge is 0.376 e. The zero-order valence-electron chi connectivity index (χ0n) is 40.0. The third-order valence-electron chi connectivity index (χ3n) is 10.2. The summed E-state index contributed by atoms with van der Waals surface area (Å²) in [6, 6.07) is 20.3. The van der Waals surface area contributed by atoms with Crippen molar-refractivity contribution in [1.82, 2.24) is 33.7 Å². The number of hydrogen-bond acceptors (Lipinski definition) is 17. The molecule has 0 aliphatic carbocycles. The molecular weight excluding hydrogens is 1060 g/mol. The van der Waals surface area contributed by atoms with Gasteiger partial charge in [-0.25, -0.2) is 9.59 Å². The zero-order valence-corrected chi connectivity index (χ0v) is 44.8. The van der Waals surface area contributed by atoms with Gasteiger partial charge in [-0.15, -0.1) is 46.2 Å². The highest BCUT2D eigenvalue weighted by Gasteiger charge is 2.30. The van der Waals surface area contributed by atoms with Crippen LogP contribution in [0.2, 0.25) is 8.67 Å². The fraction of sp³-hybridized carbons (Fsp3) is 0.265. The van der Waals surface area contributed by atoms with E-state index in [1.165, 1.54) is 73.9 Å². The van der Waals surface area contributed by atoms with E-state index in [9.17, 15) is 43.6 Å². The van der Waals surface area contributed by atoms with Crippen molar-refractivity contribution in [2.45, 2.75) is 76.2 Å². The van der Waals surface area contributed by atoms with Crippen LogP contribution in [0.5, 0.6) is 0 Å². The van der Waals surface area contributed by atoms with Crippen molar-refractivity contribution in [2.75, 3.05) is 7.11 Å². The van der Waals surface area contributed by atoms with E-state index in [2.05, 4.69) is 19.9 Å². The number of nitrogens with zero attached hydrogens (tertiary/aromatic N) is 8. The highest BCUT2D eigenvalue weighted by molar-refractivity contribution is 7.98. The molecule has 7 aromatic rings. The summed E-state index contributed by atoms with van der Waals surface area (Å²) >= 11 is 17.7. The van der Waals surface area contributed by atoms with Crippen molar-refractivity contribution >= 4 is 105 Å². The minimum atomic E-state index is -1.64. The van der Waals surface area contributed by atoms with Crippen LogP contribution in [0.15, 0.2) is 105 Å². The van der Waals surface area contributed by atoms with E-state index in [0.29, 0.717) is 41.4 Å². The average molecular weight is 1100 g/mol. The van der Waals surface area contributed by atoms with E-state index in [1.54, 1.807) is 96.4 Å². The number of aliphatic carboxylic acids is 1. The molecule has 0 unspecified atom stereocenters. The molecule has 24 heteroatoms. The Morgan fingerprint density at radius 2 is 1.27 bits per heavy atom. The van der Waals surface area contributed by atoms with E-state index in [4.69, 9.17) is 28.3 Å². The van der Waals surface area contributed by atoms with Gasteiger partial charge in [0.05, 0.1) is 51.4 Å². The van der Waals surface area contributed by atoms with Crippen LogP contribution in [-0.2, 0) is 48.5 Å². The Kier molecular flexibility index (Phi) is 17.8. The molecule has 1 N–H and O–H groups in total. The van der Waals surface area contributed by atoms with Gasteiger partial charge >= 0.3 is 11.9 Å². The maximum atomic E-state index is 13.4. The molecule has 0 radical (unpaired) electrons. The molecule has 0 aliphatic heterocycles. The highest BCUT2D eigenvalue weighted by Crippen LogP contribution is 2.35. The molecule has 73 heavy (non-hydrogen) atoms. The molecule has 0 atom stereocenters. The number of aromatic nitrogens is 7. The number of carbonyl (C=O) groups is 6. The second kappa shape index (κ2) is 23.4. The van der Waals surface area contributed by atoms with Crippen LogP contribution in [0.25, 0.3) is 33.6 Å². The van der Waals surface area contributed by atoms with Crippen molar-refractivity contribution in [3.8, 4) is 39.7 Å². The predicted molar refractivity (Wildman–Crippen MR) is 279 cm³/mol. The van der Waals surface area contributed by atoms with Gasteiger partial charge in [0.25, 0.3) is 34.5 Å². The largest absolute Gasteiger partial charge is 0.475 e. The zero-order chi connectivity index (χ0) is 53.5. The second-order valence-electron chi connectivity index (χ2n) is 17.8. The molecule has 7 heterocycles. The maximum absolute atomic E-state index is 13.4. The SMILES string of the molecule is CC(C)(C)C(=O)n1nc(-c2cc(-c3cccnc3)cn(CC(=O)C(=O)O)c2=O)cc1SCc1ccc(Cl)s1.COC(=O)C(=O)Cn1c(C#N)ccc(-c2cc(SCc3ccc(Cl)s3)n(C(=O)C(C)(C)C)n2)c1=O. The first-order chi connectivity index (χ1) is 34.4. The number of esters is 1. The Balaban J connectivity index is 0.000000239. The van der Waals surface area contributed by atoms with Gasteiger partial charge in [-0.2, -0.15) is 24.8 Å². The van der Waals surface area contributed by atoms with Crippen molar-refractivity contribution in [2.24, 2.45) is 10.8 Å². The number of carboxylic acids is 1. The number of carboxylic acid groups (broad SMARTS) is 1. The van der Waals surface area contributed by atoms with Gasteiger partial charge in [-0.05, 0) is 60.7 Å². The van der Waals surface area contributed by atoms with Crippen LogP contribution in [0.1, 0.15) is 66.6 Å². The Morgan fingerprint density at radius 1 is 0.726 bits per heavy atom. The first kappa shape index (κ1) is 55.6. The maximum Gasteiger partial charge on any atom is 0.376 e. The Hall–Kier alpha value is -6.74. The normalized spacial score (nSPS) is 11.3. The lowest BCUT2D eigenvalue weighted by atomic mass is 9.96. The van der Waals surface area contributed by atoms with E-state index >= 15 is 0 Å². The van der Waals surface area contributed by atoms with Gasteiger partial charge in [0, 0.05) is 61.8 Å². The molecule has 0 aliphatic rings. The minimum absolute atomic E-state index is 0.0724. The number of pyridine rings is 3. The minimum Gasteiger partial charge on any atom is -0.475 e. The third-order valence-corrected chi connectivity index (χ3v) is 15.1. The first-order valence-electron chi connectivity index (χ1n) is 21.6. The molecule has 7 aromatic heterocycles. The van der Waals surface area contributed by atoms with Crippen LogP contribution < -0.4 is 11.1 Å². The highest BCUT2D eigenvalue weighted by atomic mass is 35.5. The monoisotopic (exact) mass is 1100 g/mol. The van der Waals surface area contributed by atoms with E-state index in [0.717, 1.165) is 26.0 Å². The fourth-order valence-corrected chi connectivity index (χ4v) is 10.7. The average Bonchev–Trinajstić information content (AvgIpc) is 4.17. The molecule has 0 bridgehead atoms. The number of Topliss-reactive ketones (excluding diaryl/α,β-unsaturated/α-hetero) is 2. The van der Waals surface area contributed by atoms with Crippen molar-refractivity contribution in [3.05, 3.63) is 130 Å². The summed E-state index contributed by atoms with van der Waals surface area (Å²) < 4.78 is 10.2. The van der Waals surface area contributed by atoms with Gasteiger partial charge in [0.2, 0.25) is 0 Å². The van der Waals surface area contributed by atoms with E-state index in [1.807, 2.05) is 18.2 Å². The number of methoxy groups -OCH3 is 1. The summed E-state index contributed by atoms with van der Waals surface area (Å²) in [5, 5.41) is 28.5. The lowest BCUT2D eigenvalue weighted by Crippen LogP contribution is -2.31. The van der Waals surface area contributed by atoms with Gasteiger partial charge in [0.15, 0.2) is 0 Å². The Labute approximate surface area is 443 Å². The van der Waals surface area contributed by atoms with Crippen LogP contribution in [0, 0.1) is 22.2 Å². The summed E-state index contributed by atoms with van der Waals surface area (Å²) in [5.41, 5.74) is -1.12. The predicted octanol–water partition coefficient (Wildman–Crippen LogP) is 9.14. The molecule has 18 nitrogen and oxygen atoms in total. The lowest BCUT2D eigenvalue weighted by Gasteiger charge is -2.17. The molecule has 0 saturated carbocycles. The molecule has 0 aromatic carbocycles. The number of carbonyl (C=O) groups excluding carboxylic acids is 5.